The van der Waals surface area contributed by atoms with E-state index in [1.165, 1.54) is 86.9 Å². The highest BCUT2D eigenvalue weighted by atomic mass is 14.2. The van der Waals surface area contributed by atoms with Gasteiger partial charge in [-0.1, -0.05) is 184 Å². The molecule has 0 nitrogen and oxygen atoms in total. The van der Waals surface area contributed by atoms with Crippen molar-refractivity contribution in [1.29, 1.82) is 0 Å². The zero-order valence-corrected chi connectivity index (χ0v) is 27.3. The molecule has 0 atom stereocenters. The summed E-state index contributed by atoms with van der Waals surface area (Å²) in [7, 11) is 0. The van der Waals surface area contributed by atoms with Gasteiger partial charge in [0.1, 0.15) is 0 Å². The minimum absolute atomic E-state index is 1.25. The van der Waals surface area contributed by atoms with E-state index in [0.717, 1.165) is 0 Å². The monoisotopic (exact) mass is 612 g/mol. The predicted octanol–water partition coefficient (Wildman–Crippen LogP) is 14.0. The maximum absolute atomic E-state index is 2.34. The number of hydrogen-bond acceptors (Lipinski definition) is 0. The van der Waals surface area contributed by atoms with Crippen molar-refractivity contribution in [2.45, 2.75) is 13.8 Å². The smallest absolute Gasteiger partial charge is 0.00987 e. The minimum atomic E-state index is 1.25. The lowest BCUT2D eigenvalue weighted by Gasteiger charge is -2.14. The van der Waals surface area contributed by atoms with E-state index in [-0.39, 0.29) is 0 Å². The molecule has 0 radical (unpaired) electrons. The molecular formula is C48H36. The first kappa shape index (κ1) is 29.4. The molecule has 0 saturated carbocycles. The number of rotatable bonds is 4. The molecule has 0 bridgehead atoms. The topological polar surface area (TPSA) is 0 Å². The van der Waals surface area contributed by atoms with Gasteiger partial charge in [0.05, 0.1) is 0 Å². The Labute approximate surface area is 281 Å². The van der Waals surface area contributed by atoms with Gasteiger partial charge in [-0.2, -0.15) is 0 Å². The second-order valence-corrected chi connectivity index (χ2v) is 12.1. The van der Waals surface area contributed by atoms with E-state index in [2.05, 4.69) is 182 Å². The van der Waals surface area contributed by atoms with Crippen molar-refractivity contribution in [2.75, 3.05) is 0 Å². The first-order valence-electron chi connectivity index (χ1n) is 16.9. The van der Waals surface area contributed by atoms with Crippen LogP contribution in [0, 0.1) is 0 Å². The van der Waals surface area contributed by atoms with Crippen LogP contribution in [0.25, 0.3) is 88.9 Å². The van der Waals surface area contributed by atoms with Crippen molar-refractivity contribution in [3.05, 3.63) is 180 Å². The van der Waals surface area contributed by atoms with Crippen LogP contribution in [0.5, 0.6) is 0 Å². The first-order chi connectivity index (χ1) is 23.8. The van der Waals surface area contributed by atoms with Crippen molar-refractivity contribution < 1.29 is 0 Å². The Morgan fingerprint density at radius 2 is 0.438 bits per heavy atom. The third-order valence-electron chi connectivity index (χ3n) is 9.47. The van der Waals surface area contributed by atoms with Crippen LogP contribution >= 0.6 is 0 Å². The molecule has 0 amide bonds. The van der Waals surface area contributed by atoms with E-state index in [4.69, 9.17) is 0 Å². The fraction of sp³-hybridized carbons (Fsp3) is 0.0417. The Balaban J connectivity index is 0.00000165. The van der Waals surface area contributed by atoms with Crippen LogP contribution in [0.4, 0.5) is 0 Å². The van der Waals surface area contributed by atoms with E-state index in [0.29, 0.717) is 0 Å². The van der Waals surface area contributed by atoms with Gasteiger partial charge in [0.25, 0.3) is 0 Å². The lowest BCUT2D eigenvalue weighted by atomic mass is 9.89. The van der Waals surface area contributed by atoms with Gasteiger partial charge in [0, 0.05) is 0 Å². The van der Waals surface area contributed by atoms with Crippen LogP contribution < -0.4 is 0 Å². The van der Waals surface area contributed by atoms with Gasteiger partial charge in [0.2, 0.25) is 0 Å². The third kappa shape index (κ3) is 5.03. The predicted molar refractivity (Wildman–Crippen MR) is 214 cm³/mol. The standard InChI is InChI=1S/C46H30.C2H6/c1-5-17-35-31(13-1)29-32-14-2-6-18-36(32)43(35)25-27-45-39-21-9-11-23-41(39)46(42-24-12-10-22-40(42)45)28-26-44-37-19-7-3-15-33(37)30-34-16-4-8-20-38(34)44;1-2/h1-30H;1-2H3/b27-25+,28-26+;. The van der Waals surface area contributed by atoms with Crippen molar-refractivity contribution in [3.63, 3.8) is 0 Å². The summed E-state index contributed by atoms with van der Waals surface area (Å²) in [5, 5.41) is 15.1. The van der Waals surface area contributed by atoms with Gasteiger partial charge in [-0.05, 0) is 99.0 Å². The van der Waals surface area contributed by atoms with Crippen LogP contribution in [0.2, 0.25) is 0 Å². The van der Waals surface area contributed by atoms with Crippen LogP contribution in [-0.4, -0.2) is 0 Å². The maximum atomic E-state index is 2.34. The van der Waals surface area contributed by atoms with Crippen molar-refractivity contribution >= 4 is 88.9 Å². The Morgan fingerprint density at radius 1 is 0.250 bits per heavy atom. The van der Waals surface area contributed by atoms with Gasteiger partial charge in [-0.15, -0.1) is 0 Å². The first-order valence-corrected chi connectivity index (χ1v) is 16.9. The van der Waals surface area contributed by atoms with E-state index < -0.39 is 0 Å². The fourth-order valence-electron chi connectivity index (χ4n) is 7.35. The summed E-state index contributed by atoms with van der Waals surface area (Å²) >= 11 is 0. The summed E-state index contributed by atoms with van der Waals surface area (Å²) in [4.78, 5) is 0. The molecule has 0 fully saturated rings. The average molecular weight is 613 g/mol. The fourth-order valence-corrected chi connectivity index (χ4v) is 7.35. The van der Waals surface area contributed by atoms with Crippen LogP contribution in [-0.2, 0) is 0 Å². The molecule has 0 aliphatic carbocycles. The molecule has 0 unspecified atom stereocenters. The Kier molecular flexibility index (Phi) is 7.76. The Hall–Kier alpha value is -5.98. The van der Waals surface area contributed by atoms with Crippen LogP contribution in [0.1, 0.15) is 36.1 Å². The highest BCUT2D eigenvalue weighted by Crippen LogP contribution is 2.38. The lowest BCUT2D eigenvalue weighted by Crippen LogP contribution is -1.89. The highest BCUT2D eigenvalue weighted by Gasteiger charge is 2.12. The zero-order valence-electron chi connectivity index (χ0n) is 27.3. The van der Waals surface area contributed by atoms with Gasteiger partial charge in [0.15, 0.2) is 0 Å². The second-order valence-electron chi connectivity index (χ2n) is 12.1. The van der Waals surface area contributed by atoms with Crippen LogP contribution in [0.15, 0.2) is 158 Å². The van der Waals surface area contributed by atoms with Crippen molar-refractivity contribution in [3.8, 4) is 0 Å². The van der Waals surface area contributed by atoms with Gasteiger partial charge >= 0.3 is 0 Å². The van der Waals surface area contributed by atoms with E-state index in [1.54, 1.807) is 0 Å². The molecule has 9 aromatic rings. The minimum Gasteiger partial charge on any atom is -0.0683 e. The van der Waals surface area contributed by atoms with Crippen LogP contribution in [0.3, 0.4) is 0 Å². The molecule has 48 heavy (non-hydrogen) atoms. The molecule has 0 aliphatic rings. The number of benzene rings is 9. The molecule has 0 aliphatic heterocycles. The van der Waals surface area contributed by atoms with E-state index in [1.807, 2.05) is 13.8 Å². The summed E-state index contributed by atoms with van der Waals surface area (Å²) in [6, 6.07) is 57.2. The molecule has 9 aromatic carbocycles. The van der Waals surface area contributed by atoms with Gasteiger partial charge in [-0.25, -0.2) is 0 Å². The molecule has 0 aromatic heterocycles. The quantitative estimate of drug-likeness (QED) is 0.137. The summed E-state index contributed by atoms with van der Waals surface area (Å²) < 4.78 is 0. The number of hydrogen-bond donors (Lipinski definition) is 0. The van der Waals surface area contributed by atoms with E-state index >= 15 is 0 Å². The molecule has 0 heterocycles. The Morgan fingerprint density at radius 3 is 0.688 bits per heavy atom. The lowest BCUT2D eigenvalue weighted by molar-refractivity contribution is 1.50. The molecule has 228 valence electrons. The second kappa shape index (κ2) is 12.7. The average Bonchev–Trinajstić information content (AvgIpc) is 3.16. The summed E-state index contributed by atoms with van der Waals surface area (Å²) in [5.74, 6) is 0. The normalized spacial score (nSPS) is 11.8. The molecule has 0 N–H and O–H groups in total. The molecule has 0 saturated heterocycles. The summed E-state index contributed by atoms with van der Waals surface area (Å²) in [6.45, 7) is 4.00. The van der Waals surface area contributed by atoms with Crippen molar-refractivity contribution in [1.82, 2.24) is 0 Å². The SMILES string of the molecule is C(=C\c1c2ccccc2c(/C=C/c2c3ccccc3cc3ccccc23)c2ccccc12)/c1c2ccccc2cc2ccccc12.CC. The van der Waals surface area contributed by atoms with Crippen molar-refractivity contribution in [2.24, 2.45) is 0 Å². The Bertz CT molecular complexity index is 2330. The highest BCUT2D eigenvalue weighted by molar-refractivity contribution is 6.17. The van der Waals surface area contributed by atoms with E-state index in [9.17, 15) is 0 Å². The van der Waals surface area contributed by atoms with Gasteiger partial charge in [-0.3, -0.25) is 0 Å². The molecule has 0 heteroatoms. The van der Waals surface area contributed by atoms with Gasteiger partial charge < -0.3 is 0 Å². The largest absolute Gasteiger partial charge is 0.0683 e. The molecule has 9 rings (SSSR count). The maximum Gasteiger partial charge on any atom is -0.00987 e. The summed E-state index contributed by atoms with van der Waals surface area (Å²) in [6.07, 6.45) is 9.34. The third-order valence-corrected chi connectivity index (χ3v) is 9.47. The number of fused-ring (bicyclic) bond motifs is 6. The zero-order chi connectivity index (χ0) is 32.5. The molecular weight excluding hydrogens is 577 g/mol. The molecule has 0 spiro atoms. The summed E-state index contributed by atoms with van der Waals surface area (Å²) in [5.41, 5.74) is 5.01.